The van der Waals surface area contributed by atoms with Gasteiger partial charge in [-0.15, -0.1) is 6.58 Å². The number of aliphatic hydroxyl groups excluding tert-OH is 1. The second-order valence-corrected chi connectivity index (χ2v) is 5.22. The first-order chi connectivity index (χ1) is 10.2. The molecule has 5 heteroatoms. The summed E-state index contributed by atoms with van der Waals surface area (Å²) < 4.78 is 19.0. The molecule has 116 valence electrons. The zero-order valence-electron chi connectivity index (χ0n) is 12.2. The van der Waals surface area contributed by atoms with Crippen LogP contribution in [0.3, 0.4) is 0 Å². The number of rotatable bonds is 7. The van der Waals surface area contributed by atoms with Crippen molar-refractivity contribution in [3.8, 4) is 0 Å². The van der Waals surface area contributed by atoms with E-state index in [0.29, 0.717) is 25.4 Å². The summed E-state index contributed by atoms with van der Waals surface area (Å²) in [5.74, 6) is -0.177. The van der Waals surface area contributed by atoms with E-state index in [4.69, 9.17) is 4.74 Å². The summed E-state index contributed by atoms with van der Waals surface area (Å²) in [6, 6.07) is 6.85. The molecule has 0 saturated carbocycles. The summed E-state index contributed by atoms with van der Waals surface area (Å²) in [6.07, 6.45) is 1.17. The molecule has 1 aromatic rings. The number of benzene rings is 1. The monoisotopic (exact) mass is 294 g/mol. The van der Waals surface area contributed by atoms with Gasteiger partial charge in [-0.25, -0.2) is 4.39 Å². The standard InChI is InChI=1S/C16H23FN2O2/c1-2-11-21-13-14(20)12-18-7-9-19(10-8-18)16-6-4-3-5-15(16)17/h2-6,14,20H,1,7-13H2/t14-/m0/s1. The third-order valence-electron chi connectivity index (χ3n) is 3.58. The fourth-order valence-electron chi connectivity index (χ4n) is 2.52. The van der Waals surface area contributed by atoms with E-state index in [1.807, 2.05) is 17.0 Å². The van der Waals surface area contributed by atoms with Crippen LogP contribution in [-0.2, 0) is 4.74 Å². The number of nitrogens with zero attached hydrogens (tertiary/aromatic N) is 2. The molecular weight excluding hydrogens is 271 g/mol. The van der Waals surface area contributed by atoms with E-state index in [2.05, 4.69) is 11.5 Å². The minimum Gasteiger partial charge on any atom is -0.389 e. The van der Waals surface area contributed by atoms with E-state index < -0.39 is 6.10 Å². The summed E-state index contributed by atoms with van der Waals surface area (Å²) in [5, 5.41) is 9.88. The van der Waals surface area contributed by atoms with Crippen LogP contribution in [0, 0.1) is 5.82 Å². The average molecular weight is 294 g/mol. The molecule has 1 heterocycles. The molecular formula is C16H23FN2O2. The third-order valence-corrected chi connectivity index (χ3v) is 3.58. The number of hydrogen-bond donors (Lipinski definition) is 1. The second-order valence-electron chi connectivity index (χ2n) is 5.22. The number of hydrogen-bond acceptors (Lipinski definition) is 4. The predicted octanol–water partition coefficient (Wildman–Crippen LogP) is 1.51. The van der Waals surface area contributed by atoms with Gasteiger partial charge in [0.25, 0.3) is 0 Å². The number of halogens is 1. The Morgan fingerprint density at radius 3 is 2.67 bits per heavy atom. The molecule has 1 saturated heterocycles. The molecule has 0 radical (unpaired) electrons. The first-order valence-corrected chi connectivity index (χ1v) is 7.29. The first kappa shape index (κ1) is 15.9. The van der Waals surface area contributed by atoms with Gasteiger partial charge >= 0.3 is 0 Å². The molecule has 0 aromatic heterocycles. The summed E-state index contributed by atoms with van der Waals surface area (Å²) in [4.78, 5) is 4.23. The van der Waals surface area contributed by atoms with Crippen molar-refractivity contribution in [1.82, 2.24) is 4.90 Å². The van der Waals surface area contributed by atoms with Crippen molar-refractivity contribution in [2.45, 2.75) is 6.10 Å². The van der Waals surface area contributed by atoms with Gasteiger partial charge in [-0.05, 0) is 12.1 Å². The van der Waals surface area contributed by atoms with Crippen molar-refractivity contribution in [3.63, 3.8) is 0 Å². The number of anilines is 1. The van der Waals surface area contributed by atoms with Crippen LogP contribution in [-0.4, -0.2) is 62.0 Å². The molecule has 21 heavy (non-hydrogen) atoms. The molecule has 0 aliphatic carbocycles. The van der Waals surface area contributed by atoms with E-state index in [-0.39, 0.29) is 5.82 Å². The largest absolute Gasteiger partial charge is 0.389 e. The number of ether oxygens (including phenoxy) is 1. The van der Waals surface area contributed by atoms with E-state index in [0.717, 1.165) is 26.2 Å². The topological polar surface area (TPSA) is 35.9 Å². The van der Waals surface area contributed by atoms with Crippen molar-refractivity contribution < 1.29 is 14.2 Å². The van der Waals surface area contributed by atoms with Crippen LogP contribution in [0.25, 0.3) is 0 Å². The number of para-hydroxylation sites is 1. The molecule has 0 unspecified atom stereocenters. The Morgan fingerprint density at radius 2 is 2.00 bits per heavy atom. The molecule has 1 fully saturated rings. The summed E-state index contributed by atoms with van der Waals surface area (Å²) in [5.41, 5.74) is 0.659. The third kappa shape index (κ3) is 4.81. The van der Waals surface area contributed by atoms with E-state index in [1.54, 1.807) is 12.1 Å². The maximum Gasteiger partial charge on any atom is 0.146 e. The highest BCUT2D eigenvalue weighted by Gasteiger charge is 2.20. The zero-order valence-corrected chi connectivity index (χ0v) is 12.2. The summed E-state index contributed by atoms with van der Waals surface area (Å²) in [7, 11) is 0. The maximum absolute atomic E-state index is 13.7. The lowest BCUT2D eigenvalue weighted by Crippen LogP contribution is -2.49. The molecule has 0 spiro atoms. The van der Waals surface area contributed by atoms with Crippen molar-refractivity contribution in [2.75, 3.05) is 50.8 Å². The lowest BCUT2D eigenvalue weighted by molar-refractivity contribution is 0.0252. The molecule has 1 aromatic carbocycles. The maximum atomic E-state index is 13.7. The van der Waals surface area contributed by atoms with E-state index in [1.165, 1.54) is 6.07 Å². The van der Waals surface area contributed by atoms with Gasteiger partial charge in [0.2, 0.25) is 0 Å². The fourth-order valence-corrected chi connectivity index (χ4v) is 2.52. The van der Waals surface area contributed by atoms with Gasteiger partial charge < -0.3 is 14.7 Å². The summed E-state index contributed by atoms with van der Waals surface area (Å²) >= 11 is 0. The predicted molar refractivity (Wildman–Crippen MR) is 82.1 cm³/mol. The lowest BCUT2D eigenvalue weighted by Gasteiger charge is -2.36. The van der Waals surface area contributed by atoms with E-state index >= 15 is 0 Å². The van der Waals surface area contributed by atoms with Gasteiger partial charge in [0.15, 0.2) is 0 Å². The van der Waals surface area contributed by atoms with Crippen LogP contribution in [0.2, 0.25) is 0 Å². The van der Waals surface area contributed by atoms with Crippen LogP contribution in [0.5, 0.6) is 0 Å². The van der Waals surface area contributed by atoms with E-state index in [9.17, 15) is 9.50 Å². The van der Waals surface area contributed by atoms with Crippen molar-refractivity contribution in [1.29, 1.82) is 0 Å². The molecule has 1 aliphatic rings. The van der Waals surface area contributed by atoms with Gasteiger partial charge in [-0.3, -0.25) is 4.90 Å². The number of piperazine rings is 1. The van der Waals surface area contributed by atoms with Crippen LogP contribution >= 0.6 is 0 Å². The van der Waals surface area contributed by atoms with Gasteiger partial charge in [-0.2, -0.15) is 0 Å². The molecule has 1 atom stereocenters. The van der Waals surface area contributed by atoms with Crippen molar-refractivity contribution in [3.05, 3.63) is 42.7 Å². The van der Waals surface area contributed by atoms with Gasteiger partial charge in [0.05, 0.1) is 25.0 Å². The van der Waals surface area contributed by atoms with Crippen molar-refractivity contribution in [2.24, 2.45) is 0 Å². The first-order valence-electron chi connectivity index (χ1n) is 7.29. The lowest BCUT2D eigenvalue weighted by atomic mass is 10.2. The van der Waals surface area contributed by atoms with Crippen LogP contribution < -0.4 is 4.90 Å². The molecule has 0 amide bonds. The minimum absolute atomic E-state index is 0.177. The Kier molecular flexibility index (Phi) is 6.17. The Hall–Kier alpha value is -1.43. The van der Waals surface area contributed by atoms with Crippen molar-refractivity contribution >= 4 is 5.69 Å². The molecule has 0 bridgehead atoms. The Balaban J connectivity index is 1.75. The van der Waals surface area contributed by atoms with Crippen LogP contribution in [0.1, 0.15) is 0 Å². The second kappa shape index (κ2) is 8.12. The minimum atomic E-state index is -0.495. The highest BCUT2D eigenvalue weighted by atomic mass is 19.1. The fraction of sp³-hybridized carbons (Fsp3) is 0.500. The molecule has 2 rings (SSSR count). The number of aliphatic hydroxyl groups is 1. The Morgan fingerprint density at radius 1 is 1.29 bits per heavy atom. The van der Waals surface area contributed by atoms with Crippen LogP contribution in [0.15, 0.2) is 36.9 Å². The normalized spacial score (nSPS) is 17.7. The molecule has 4 nitrogen and oxygen atoms in total. The SMILES string of the molecule is C=CCOC[C@@H](O)CN1CCN(c2ccccc2F)CC1. The number of β-amino-alcohol motifs (C(OH)–C–C–N with tert-alkyl or cyclic N) is 1. The molecule has 1 N–H and O–H groups in total. The zero-order chi connectivity index (χ0) is 15.1. The quantitative estimate of drug-likeness (QED) is 0.611. The van der Waals surface area contributed by atoms with Gasteiger partial charge in [0.1, 0.15) is 5.82 Å². The average Bonchev–Trinajstić information content (AvgIpc) is 2.49. The Bertz CT molecular complexity index is 448. The van der Waals surface area contributed by atoms with Crippen LogP contribution in [0.4, 0.5) is 10.1 Å². The highest BCUT2D eigenvalue weighted by molar-refractivity contribution is 5.47. The van der Waals surface area contributed by atoms with Gasteiger partial charge in [0, 0.05) is 32.7 Å². The summed E-state index contributed by atoms with van der Waals surface area (Å²) in [6.45, 7) is 8.08. The Labute approximate surface area is 125 Å². The molecule has 1 aliphatic heterocycles. The smallest absolute Gasteiger partial charge is 0.146 e. The highest BCUT2D eigenvalue weighted by Crippen LogP contribution is 2.20. The van der Waals surface area contributed by atoms with Gasteiger partial charge in [-0.1, -0.05) is 18.2 Å².